The Balaban J connectivity index is 1.50. The van der Waals surface area contributed by atoms with Crippen LogP contribution in [0.25, 0.3) is 0 Å². The third kappa shape index (κ3) is 5.22. The average Bonchev–Trinajstić information content (AvgIpc) is 2.72. The second-order valence-electron chi connectivity index (χ2n) is 5.42. The Morgan fingerprint density at radius 2 is 1.61 bits per heavy atom. The van der Waals surface area contributed by atoms with Crippen molar-refractivity contribution in [1.82, 2.24) is 25.8 Å². The Morgan fingerprint density at radius 3 is 2.29 bits per heavy atom. The summed E-state index contributed by atoms with van der Waals surface area (Å²) in [5.74, 6) is -0.293. The maximum absolute atomic E-state index is 12.3. The van der Waals surface area contributed by atoms with Gasteiger partial charge >= 0.3 is 0 Å². The number of nitrogens with one attached hydrogen (secondary N) is 4. The van der Waals surface area contributed by atoms with Crippen LogP contribution in [0.5, 0.6) is 0 Å². The first kappa shape index (κ1) is 19.2. The molecule has 10 nitrogen and oxygen atoms in total. The zero-order chi connectivity index (χ0) is 19.8. The van der Waals surface area contributed by atoms with Crippen LogP contribution in [0.3, 0.4) is 0 Å². The Bertz CT molecular complexity index is 1010. The largest absolute Gasteiger partial charge is 0.371 e. The first-order valence-electron chi connectivity index (χ1n) is 8.11. The lowest BCUT2D eigenvalue weighted by Crippen LogP contribution is -2.40. The predicted molar refractivity (Wildman–Crippen MR) is 103 cm³/mol. The number of amides is 1. The van der Waals surface area contributed by atoms with Crippen LogP contribution in [0.1, 0.15) is 10.4 Å². The fourth-order valence-corrected chi connectivity index (χ4v) is 3.09. The van der Waals surface area contributed by atoms with Crippen LogP contribution in [-0.2, 0) is 10.0 Å². The number of sulfonamides is 1. The molecule has 0 saturated carbocycles. The molecule has 144 valence electrons. The number of carbonyl (C=O) groups is 1. The molecule has 0 radical (unpaired) electrons. The highest BCUT2D eigenvalue weighted by Crippen LogP contribution is 2.16. The van der Waals surface area contributed by atoms with Crippen molar-refractivity contribution in [3.8, 4) is 0 Å². The molecular weight excluding hydrogens is 382 g/mol. The Labute approximate surface area is 161 Å². The molecule has 0 spiro atoms. The van der Waals surface area contributed by atoms with Crippen molar-refractivity contribution in [3.05, 3.63) is 72.8 Å². The number of hydrazine groups is 1. The first-order chi connectivity index (χ1) is 13.5. The molecule has 2 aromatic heterocycles. The molecule has 3 aromatic rings. The van der Waals surface area contributed by atoms with Gasteiger partial charge in [0.1, 0.15) is 0 Å². The van der Waals surface area contributed by atoms with E-state index in [0.717, 1.165) is 0 Å². The fourth-order valence-electron chi connectivity index (χ4n) is 2.13. The lowest BCUT2D eigenvalue weighted by atomic mass is 10.3. The van der Waals surface area contributed by atoms with Crippen LogP contribution < -0.4 is 20.9 Å². The predicted octanol–water partition coefficient (Wildman–Crippen LogP) is 0.976. The van der Waals surface area contributed by atoms with Crippen LogP contribution >= 0.6 is 0 Å². The summed E-state index contributed by atoms with van der Waals surface area (Å²) in [6.45, 7) is 0.235. The van der Waals surface area contributed by atoms with Crippen molar-refractivity contribution in [1.29, 1.82) is 0 Å². The number of anilines is 2. The number of hydrogen-bond donors (Lipinski definition) is 4. The molecule has 0 atom stereocenters. The van der Waals surface area contributed by atoms with Crippen molar-refractivity contribution in [2.24, 2.45) is 0 Å². The van der Waals surface area contributed by atoms with Crippen molar-refractivity contribution in [2.75, 3.05) is 16.7 Å². The van der Waals surface area contributed by atoms with Gasteiger partial charge in [-0.1, -0.05) is 0 Å². The lowest BCUT2D eigenvalue weighted by Gasteiger charge is -2.11. The summed E-state index contributed by atoms with van der Waals surface area (Å²) in [7, 11) is -3.78. The molecule has 4 N–H and O–H groups in total. The minimum atomic E-state index is -3.78. The number of nitrogens with zero attached hydrogens (tertiary/aromatic N) is 3. The Kier molecular flexibility index (Phi) is 6.09. The molecule has 11 heteroatoms. The van der Waals surface area contributed by atoms with E-state index in [4.69, 9.17) is 0 Å². The summed E-state index contributed by atoms with van der Waals surface area (Å²) in [4.78, 5) is 23.4. The van der Waals surface area contributed by atoms with Crippen molar-refractivity contribution >= 4 is 27.6 Å². The molecule has 28 heavy (non-hydrogen) atoms. The number of benzene rings is 1. The molecule has 3 rings (SSSR count). The number of carbonyl (C=O) groups excluding carboxylic acids is 1. The molecule has 0 aliphatic carbocycles. The van der Waals surface area contributed by atoms with Crippen LogP contribution in [0.4, 0.5) is 11.6 Å². The van der Waals surface area contributed by atoms with Gasteiger partial charge in [-0.05, 0) is 42.5 Å². The summed E-state index contributed by atoms with van der Waals surface area (Å²) in [5.41, 5.74) is 6.41. The minimum Gasteiger partial charge on any atom is -0.371 e. The van der Waals surface area contributed by atoms with Gasteiger partial charge in [0.25, 0.3) is 15.9 Å². The Morgan fingerprint density at radius 1 is 0.929 bits per heavy atom. The van der Waals surface area contributed by atoms with Crippen LogP contribution in [0.15, 0.2) is 72.1 Å². The van der Waals surface area contributed by atoms with E-state index in [1.54, 1.807) is 30.3 Å². The maximum atomic E-state index is 12.3. The second-order valence-corrected chi connectivity index (χ2v) is 7.11. The SMILES string of the molecule is O=C(NNCNc1ccc(S(=O)(=O)Nc2ncccn2)cc1)c1ccncc1. The summed E-state index contributed by atoms with van der Waals surface area (Å²) < 4.78 is 26.9. The number of pyridine rings is 1. The average molecular weight is 399 g/mol. The summed E-state index contributed by atoms with van der Waals surface area (Å²) >= 11 is 0. The van der Waals surface area contributed by atoms with Crippen LogP contribution in [0, 0.1) is 0 Å². The van der Waals surface area contributed by atoms with E-state index in [0.29, 0.717) is 11.3 Å². The van der Waals surface area contributed by atoms with E-state index < -0.39 is 10.0 Å². The standard InChI is InChI=1S/C17H17N7O3S/c25-16(13-6-10-18-11-7-13)23-22-12-21-14-2-4-15(5-3-14)28(26,27)24-17-19-8-1-9-20-17/h1-11,21-22H,12H2,(H,23,25)(H,19,20,24). The van der Waals surface area contributed by atoms with Gasteiger partial charge < -0.3 is 5.32 Å². The highest BCUT2D eigenvalue weighted by molar-refractivity contribution is 7.92. The minimum absolute atomic E-state index is 0.00107. The molecular formula is C17H17N7O3S. The van der Waals surface area contributed by atoms with Crippen molar-refractivity contribution in [3.63, 3.8) is 0 Å². The number of rotatable bonds is 8. The molecule has 0 bridgehead atoms. The third-order valence-electron chi connectivity index (χ3n) is 3.48. The number of hydrogen-bond acceptors (Lipinski definition) is 8. The van der Waals surface area contributed by atoms with Crippen molar-refractivity contribution in [2.45, 2.75) is 4.90 Å². The number of aromatic nitrogens is 3. The van der Waals surface area contributed by atoms with Gasteiger partial charge in [0.05, 0.1) is 11.6 Å². The highest BCUT2D eigenvalue weighted by Gasteiger charge is 2.15. The van der Waals surface area contributed by atoms with E-state index in [-0.39, 0.29) is 23.4 Å². The van der Waals surface area contributed by atoms with Crippen molar-refractivity contribution < 1.29 is 13.2 Å². The second kappa shape index (κ2) is 8.88. The van der Waals surface area contributed by atoms with Crippen LogP contribution in [-0.4, -0.2) is 35.9 Å². The first-order valence-corrected chi connectivity index (χ1v) is 9.60. The zero-order valence-corrected chi connectivity index (χ0v) is 15.3. The molecule has 1 amide bonds. The molecule has 0 aliphatic rings. The fraction of sp³-hybridized carbons (Fsp3) is 0.0588. The quantitative estimate of drug-likeness (QED) is 0.250. The summed E-state index contributed by atoms with van der Waals surface area (Å²) in [5, 5.41) is 3.00. The zero-order valence-electron chi connectivity index (χ0n) is 14.5. The topological polar surface area (TPSA) is 138 Å². The van der Waals surface area contributed by atoms with E-state index in [1.165, 1.54) is 36.9 Å². The van der Waals surface area contributed by atoms with Gasteiger partial charge in [-0.25, -0.2) is 28.5 Å². The van der Waals surface area contributed by atoms with Gasteiger partial charge in [-0.2, -0.15) is 0 Å². The molecule has 1 aromatic carbocycles. The van der Waals surface area contributed by atoms with Crippen LogP contribution in [0.2, 0.25) is 0 Å². The Hall–Kier alpha value is -3.57. The molecule has 0 unspecified atom stereocenters. The molecule has 0 fully saturated rings. The maximum Gasteiger partial charge on any atom is 0.265 e. The van der Waals surface area contributed by atoms with E-state index in [2.05, 4.69) is 35.8 Å². The van der Waals surface area contributed by atoms with Gasteiger partial charge in [0.15, 0.2) is 0 Å². The smallest absolute Gasteiger partial charge is 0.265 e. The van der Waals surface area contributed by atoms with Gasteiger partial charge in [0, 0.05) is 36.0 Å². The highest BCUT2D eigenvalue weighted by atomic mass is 32.2. The van der Waals surface area contributed by atoms with E-state index in [9.17, 15) is 13.2 Å². The summed E-state index contributed by atoms with van der Waals surface area (Å²) in [6.07, 6.45) is 5.94. The lowest BCUT2D eigenvalue weighted by molar-refractivity contribution is 0.0934. The molecule has 0 saturated heterocycles. The van der Waals surface area contributed by atoms with Gasteiger partial charge in [-0.15, -0.1) is 0 Å². The molecule has 2 heterocycles. The third-order valence-corrected chi connectivity index (χ3v) is 4.83. The normalized spacial score (nSPS) is 10.9. The van der Waals surface area contributed by atoms with E-state index in [1.807, 2.05) is 0 Å². The summed E-state index contributed by atoms with van der Waals surface area (Å²) in [6, 6.07) is 10.9. The monoisotopic (exact) mass is 399 g/mol. The molecule has 0 aliphatic heterocycles. The van der Waals surface area contributed by atoms with E-state index >= 15 is 0 Å². The van der Waals surface area contributed by atoms with Gasteiger partial charge in [-0.3, -0.25) is 15.2 Å². The van der Waals surface area contributed by atoms with Gasteiger partial charge in [0.2, 0.25) is 5.95 Å².